The number of hydrogen-bond donors (Lipinski definition) is 1. The summed E-state index contributed by atoms with van der Waals surface area (Å²) in [5, 5.41) is 9.07. The van der Waals surface area contributed by atoms with Crippen molar-refractivity contribution in [3.8, 4) is 5.88 Å². The van der Waals surface area contributed by atoms with Crippen LogP contribution in [0.4, 0.5) is 13.2 Å². The minimum atomic E-state index is -5.03. The number of carboxylic acid groups (broad SMARTS) is 1. The van der Waals surface area contributed by atoms with Crippen LogP contribution < -0.4 is 4.74 Å². The molecule has 0 amide bonds. The summed E-state index contributed by atoms with van der Waals surface area (Å²) in [4.78, 5) is 22.5. The van der Waals surface area contributed by atoms with Crippen molar-refractivity contribution in [3.05, 3.63) is 29.8 Å². The number of ether oxygens (including phenoxy) is 1. The minimum absolute atomic E-state index is 0.185. The number of carbonyl (C=O) groups excluding carboxylic acids is 1. The predicted octanol–water partition coefficient (Wildman–Crippen LogP) is 2.83. The van der Waals surface area contributed by atoms with E-state index in [1.54, 1.807) is 0 Å². The van der Waals surface area contributed by atoms with Crippen molar-refractivity contribution < 1.29 is 32.6 Å². The Morgan fingerprint density at radius 3 is 2.43 bits per heavy atom. The monoisotopic (exact) mass is 301 g/mol. The van der Waals surface area contributed by atoms with Gasteiger partial charge in [0.1, 0.15) is 6.54 Å². The molecule has 1 heterocycles. The van der Waals surface area contributed by atoms with Crippen molar-refractivity contribution in [2.75, 3.05) is 0 Å². The van der Waals surface area contributed by atoms with Crippen molar-refractivity contribution >= 4 is 22.7 Å². The largest absolute Gasteiger partial charge is 0.574 e. The number of para-hydroxylation sites is 1. The second-order valence-electron chi connectivity index (χ2n) is 4.28. The molecule has 1 aromatic heterocycles. The Balaban J connectivity index is 2.79. The summed E-state index contributed by atoms with van der Waals surface area (Å²) in [5.41, 5.74) is -0.103. The quantitative estimate of drug-likeness (QED) is 0.882. The van der Waals surface area contributed by atoms with E-state index in [0.717, 1.165) is 11.5 Å². The van der Waals surface area contributed by atoms with Gasteiger partial charge in [0.25, 0.3) is 0 Å². The van der Waals surface area contributed by atoms with Crippen LogP contribution in [0.15, 0.2) is 24.3 Å². The third kappa shape index (κ3) is 2.99. The first-order valence-corrected chi connectivity index (χ1v) is 5.80. The Kier molecular flexibility index (Phi) is 3.63. The molecule has 0 radical (unpaired) electrons. The highest BCUT2D eigenvalue weighted by molar-refractivity contribution is 6.10. The maximum atomic E-state index is 12.5. The van der Waals surface area contributed by atoms with E-state index in [-0.39, 0.29) is 16.5 Å². The number of carboxylic acids is 1. The van der Waals surface area contributed by atoms with E-state index in [1.807, 2.05) is 0 Å². The molecule has 1 N–H and O–H groups in total. The molecule has 0 unspecified atom stereocenters. The fourth-order valence-corrected chi connectivity index (χ4v) is 2.13. The molecule has 0 aliphatic carbocycles. The molecule has 112 valence electrons. The molecular weight excluding hydrogens is 291 g/mol. The second-order valence-corrected chi connectivity index (χ2v) is 4.28. The fraction of sp³-hybridized carbons (Fsp3) is 0.231. The van der Waals surface area contributed by atoms with Gasteiger partial charge in [0, 0.05) is 5.39 Å². The number of hydrogen-bond acceptors (Lipinski definition) is 3. The van der Waals surface area contributed by atoms with Crippen LogP contribution in [0.2, 0.25) is 0 Å². The van der Waals surface area contributed by atoms with Crippen molar-refractivity contribution in [3.63, 3.8) is 0 Å². The van der Waals surface area contributed by atoms with Crippen molar-refractivity contribution in [2.24, 2.45) is 0 Å². The number of fused-ring (bicyclic) bond motifs is 1. The van der Waals surface area contributed by atoms with E-state index in [0.29, 0.717) is 0 Å². The van der Waals surface area contributed by atoms with Crippen molar-refractivity contribution in [1.82, 2.24) is 4.57 Å². The van der Waals surface area contributed by atoms with Gasteiger partial charge in [0.05, 0.1) is 11.1 Å². The lowest BCUT2D eigenvalue weighted by molar-refractivity contribution is -0.277. The molecule has 2 rings (SSSR count). The zero-order valence-electron chi connectivity index (χ0n) is 10.8. The van der Waals surface area contributed by atoms with Gasteiger partial charge < -0.3 is 14.4 Å². The molecule has 2 aromatic rings. The van der Waals surface area contributed by atoms with Crippen LogP contribution in [0.3, 0.4) is 0 Å². The van der Waals surface area contributed by atoms with Crippen molar-refractivity contribution in [2.45, 2.75) is 19.8 Å². The van der Waals surface area contributed by atoms with Crippen LogP contribution >= 0.6 is 0 Å². The molecule has 0 saturated carbocycles. The maximum Gasteiger partial charge on any atom is 0.574 e. The molecule has 0 saturated heterocycles. The van der Waals surface area contributed by atoms with E-state index in [4.69, 9.17) is 5.11 Å². The number of aromatic nitrogens is 1. The molecule has 0 fully saturated rings. The highest BCUT2D eigenvalue weighted by atomic mass is 19.4. The van der Waals surface area contributed by atoms with Gasteiger partial charge in [0.15, 0.2) is 5.78 Å². The lowest BCUT2D eigenvalue weighted by atomic mass is 10.1. The number of ketones is 1. The van der Waals surface area contributed by atoms with Gasteiger partial charge in [-0.2, -0.15) is 0 Å². The summed E-state index contributed by atoms with van der Waals surface area (Å²) < 4.78 is 42.3. The van der Waals surface area contributed by atoms with Gasteiger partial charge in [-0.05, 0) is 13.0 Å². The summed E-state index contributed by atoms with van der Waals surface area (Å²) >= 11 is 0. The number of aliphatic carboxylic acids is 1. The van der Waals surface area contributed by atoms with E-state index in [9.17, 15) is 22.8 Å². The van der Waals surface area contributed by atoms with E-state index >= 15 is 0 Å². The zero-order valence-corrected chi connectivity index (χ0v) is 10.8. The van der Waals surface area contributed by atoms with Gasteiger partial charge in [-0.1, -0.05) is 18.2 Å². The summed E-state index contributed by atoms with van der Waals surface area (Å²) in [5.74, 6) is -2.80. The first-order valence-electron chi connectivity index (χ1n) is 5.80. The summed E-state index contributed by atoms with van der Waals surface area (Å²) in [6.45, 7) is 0.343. The number of nitrogens with zero attached hydrogens (tertiary/aromatic N) is 1. The van der Waals surface area contributed by atoms with Gasteiger partial charge >= 0.3 is 12.3 Å². The minimum Gasteiger partial charge on any atom is -0.480 e. The Bertz CT molecular complexity index is 718. The van der Waals surface area contributed by atoms with Crippen LogP contribution in [0, 0.1) is 0 Å². The number of rotatable bonds is 4. The molecule has 0 aliphatic heterocycles. The molecule has 0 spiro atoms. The van der Waals surface area contributed by atoms with E-state index in [2.05, 4.69) is 4.74 Å². The molecule has 0 bridgehead atoms. The Hall–Kier alpha value is -2.51. The Morgan fingerprint density at radius 1 is 1.29 bits per heavy atom. The SMILES string of the molecule is CC(=O)c1c(OC(F)(F)F)n(CC(=O)O)c2ccccc12. The lowest BCUT2D eigenvalue weighted by Gasteiger charge is -2.12. The first kappa shape index (κ1) is 14.9. The number of halogens is 3. The van der Waals surface area contributed by atoms with Crippen LogP contribution in [0.25, 0.3) is 10.9 Å². The van der Waals surface area contributed by atoms with Gasteiger partial charge in [-0.25, -0.2) is 0 Å². The molecule has 5 nitrogen and oxygen atoms in total. The smallest absolute Gasteiger partial charge is 0.480 e. The number of benzene rings is 1. The summed E-state index contributed by atoms with van der Waals surface area (Å²) in [7, 11) is 0. The maximum absolute atomic E-state index is 12.5. The third-order valence-corrected chi connectivity index (χ3v) is 2.78. The Morgan fingerprint density at radius 2 is 1.90 bits per heavy atom. The van der Waals surface area contributed by atoms with Crippen molar-refractivity contribution in [1.29, 1.82) is 0 Å². The highest BCUT2D eigenvalue weighted by Crippen LogP contribution is 2.35. The fourth-order valence-electron chi connectivity index (χ4n) is 2.13. The molecule has 1 aromatic carbocycles. The summed E-state index contributed by atoms with van der Waals surface area (Å²) in [6, 6.07) is 5.93. The summed E-state index contributed by atoms with van der Waals surface area (Å²) in [6.07, 6.45) is -5.03. The second kappa shape index (κ2) is 5.12. The molecule has 0 atom stereocenters. The topological polar surface area (TPSA) is 68.5 Å². The normalized spacial score (nSPS) is 11.6. The van der Waals surface area contributed by atoms with Gasteiger partial charge in [-0.3, -0.25) is 9.59 Å². The van der Waals surface area contributed by atoms with Crippen LogP contribution in [0.1, 0.15) is 17.3 Å². The molecule has 0 aliphatic rings. The number of Topliss-reactive ketones (excluding diaryl/α,β-unsaturated/α-hetero) is 1. The van der Waals surface area contributed by atoms with Gasteiger partial charge in [0.2, 0.25) is 5.88 Å². The van der Waals surface area contributed by atoms with E-state index < -0.39 is 30.5 Å². The average Bonchev–Trinajstić information content (AvgIpc) is 2.61. The Labute approximate surface area is 116 Å². The number of carbonyl (C=O) groups is 2. The van der Waals surface area contributed by atoms with E-state index in [1.165, 1.54) is 24.3 Å². The van der Waals surface area contributed by atoms with Crippen LogP contribution in [0.5, 0.6) is 5.88 Å². The van der Waals surface area contributed by atoms with Crippen LogP contribution in [-0.2, 0) is 11.3 Å². The third-order valence-electron chi connectivity index (χ3n) is 2.78. The predicted molar refractivity (Wildman–Crippen MR) is 66.3 cm³/mol. The molecule has 8 heteroatoms. The zero-order chi connectivity index (χ0) is 15.8. The van der Waals surface area contributed by atoms with Gasteiger partial charge in [-0.15, -0.1) is 13.2 Å². The number of alkyl halides is 3. The molecular formula is C13H10F3NO4. The highest BCUT2D eigenvalue weighted by Gasteiger charge is 2.36. The van der Waals surface area contributed by atoms with Crippen LogP contribution in [-0.4, -0.2) is 27.8 Å². The standard InChI is InChI=1S/C13H10F3NO4/c1-7(18)11-8-4-2-3-5-9(8)17(6-10(19)20)12(11)21-13(14,15)16/h2-5H,6H2,1H3,(H,19,20). The lowest BCUT2D eigenvalue weighted by Crippen LogP contribution is -2.22. The molecule has 21 heavy (non-hydrogen) atoms. The first-order chi connectivity index (χ1) is 9.70. The average molecular weight is 301 g/mol.